The van der Waals surface area contributed by atoms with E-state index in [2.05, 4.69) is 24.1 Å². The number of thiazole rings is 1. The average molecular weight is 370 g/mol. The zero-order valence-corrected chi connectivity index (χ0v) is 15.6. The van der Waals surface area contributed by atoms with Crippen LogP contribution in [0.15, 0.2) is 29.6 Å². The lowest BCUT2D eigenvalue weighted by Crippen LogP contribution is -2.13. The van der Waals surface area contributed by atoms with Crippen molar-refractivity contribution in [1.29, 1.82) is 0 Å². The third-order valence-corrected chi connectivity index (χ3v) is 4.11. The lowest BCUT2D eigenvalue weighted by molar-refractivity contribution is 0.102. The van der Waals surface area contributed by atoms with Gasteiger partial charge in [-0.25, -0.2) is 4.98 Å². The van der Waals surface area contributed by atoms with E-state index in [4.69, 9.17) is 10.5 Å². The Morgan fingerprint density at radius 3 is 2.92 bits per heavy atom. The number of carbonyl (C=O) groups is 1. The van der Waals surface area contributed by atoms with Gasteiger partial charge in [-0.05, 0) is 31.0 Å². The SMILES string of the molecule is CC(C)CCOc1cccc(NC(=O)c2csc(CCN)n2)c1.Cl. The molecule has 1 amide bonds. The number of halogens is 1. The smallest absolute Gasteiger partial charge is 0.275 e. The molecule has 0 spiro atoms. The Labute approximate surface area is 153 Å². The van der Waals surface area contributed by atoms with Gasteiger partial charge in [0, 0.05) is 23.6 Å². The first-order chi connectivity index (χ1) is 11.1. The van der Waals surface area contributed by atoms with Gasteiger partial charge in [0.2, 0.25) is 0 Å². The van der Waals surface area contributed by atoms with Gasteiger partial charge in [-0.1, -0.05) is 19.9 Å². The van der Waals surface area contributed by atoms with Gasteiger partial charge in [0.15, 0.2) is 0 Å². The van der Waals surface area contributed by atoms with Crippen LogP contribution in [0.3, 0.4) is 0 Å². The molecule has 1 heterocycles. The van der Waals surface area contributed by atoms with E-state index in [1.807, 2.05) is 24.3 Å². The highest BCUT2D eigenvalue weighted by Crippen LogP contribution is 2.19. The predicted octanol–water partition coefficient (Wildman–Crippen LogP) is 3.74. The minimum absolute atomic E-state index is 0. The maximum atomic E-state index is 12.2. The molecule has 5 nitrogen and oxygen atoms in total. The second-order valence-corrected chi connectivity index (χ2v) is 6.62. The molecule has 24 heavy (non-hydrogen) atoms. The Morgan fingerprint density at radius 2 is 2.21 bits per heavy atom. The summed E-state index contributed by atoms with van der Waals surface area (Å²) in [5, 5.41) is 5.48. The second-order valence-electron chi connectivity index (χ2n) is 5.68. The van der Waals surface area contributed by atoms with Crippen LogP contribution in [0.4, 0.5) is 5.69 Å². The van der Waals surface area contributed by atoms with E-state index in [-0.39, 0.29) is 18.3 Å². The molecule has 0 aliphatic heterocycles. The lowest BCUT2D eigenvalue weighted by atomic mass is 10.1. The molecule has 0 fully saturated rings. The van der Waals surface area contributed by atoms with Crippen molar-refractivity contribution in [3.05, 3.63) is 40.3 Å². The normalized spacial score (nSPS) is 10.3. The number of amides is 1. The number of anilines is 1. The van der Waals surface area contributed by atoms with Crippen molar-refractivity contribution >= 4 is 35.3 Å². The fourth-order valence-corrected chi connectivity index (χ4v) is 2.72. The van der Waals surface area contributed by atoms with E-state index in [0.29, 0.717) is 36.9 Å². The summed E-state index contributed by atoms with van der Waals surface area (Å²) in [4.78, 5) is 16.5. The molecule has 2 rings (SSSR count). The van der Waals surface area contributed by atoms with Crippen molar-refractivity contribution < 1.29 is 9.53 Å². The van der Waals surface area contributed by atoms with Gasteiger partial charge in [0.1, 0.15) is 11.4 Å². The Morgan fingerprint density at radius 1 is 1.42 bits per heavy atom. The van der Waals surface area contributed by atoms with Crippen molar-refractivity contribution in [1.82, 2.24) is 4.98 Å². The van der Waals surface area contributed by atoms with Crippen LogP contribution in [0.2, 0.25) is 0 Å². The lowest BCUT2D eigenvalue weighted by Gasteiger charge is -2.10. The van der Waals surface area contributed by atoms with Crippen molar-refractivity contribution in [2.75, 3.05) is 18.5 Å². The number of carbonyl (C=O) groups excluding carboxylic acids is 1. The van der Waals surface area contributed by atoms with Crippen LogP contribution in [0.25, 0.3) is 0 Å². The fourth-order valence-electron chi connectivity index (χ4n) is 1.92. The molecule has 132 valence electrons. The highest BCUT2D eigenvalue weighted by molar-refractivity contribution is 7.09. The van der Waals surface area contributed by atoms with Gasteiger partial charge in [-0.15, -0.1) is 23.7 Å². The molecular formula is C17H24ClN3O2S. The summed E-state index contributed by atoms with van der Waals surface area (Å²) in [6, 6.07) is 7.41. The Bertz CT molecular complexity index is 646. The van der Waals surface area contributed by atoms with Crippen molar-refractivity contribution in [3.8, 4) is 5.75 Å². The van der Waals surface area contributed by atoms with Crippen LogP contribution >= 0.6 is 23.7 Å². The summed E-state index contributed by atoms with van der Waals surface area (Å²) in [5.74, 6) is 1.14. The summed E-state index contributed by atoms with van der Waals surface area (Å²) in [7, 11) is 0. The average Bonchev–Trinajstić information content (AvgIpc) is 2.96. The third kappa shape index (κ3) is 6.47. The monoisotopic (exact) mass is 369 g/mol. The molecule has 0 bridgehead atoms. The molecule has 3 N–H and O–H groups in total. The summed E-state index contributed by atoms with van der Waals surface area (Å²) >= 11 is 1.45. The predicted molar refractivity (Wildman–Crippen MR) is 101 cm³/mol. The number of nitrogens with one attached hydrogen (secondary N) is 1. The van der Waals surface area contributed by atoms with E-state index in [0.717, 1.165) is 17.2 Å². The third-order valence-electron chi connectivity index (χ3n) is 3.20. The number of ether oxygens (including phenoxy) is 1. The minimum Gasteiger partial charge on any atom is -0.494 e. The highest BCUT2D eigenvalue weighted by Gasteiger charge is 2.11. The van der Waals surface area contributed by atoms with E-state index in [9.17, 15) is 4.79 Å². The van der Waals surface area contributed by atoms with Crippen LogP contribution in [-0.4, -0.2) is 24.0 Å². The molecular weight excluding hydrogens is 346 g/mol. The molecule has 0 aliphatic carbocycles. The maximum absolute atomic E-state index is 12.2. The van der Waals surface area contributed by atoms with Crippen molar-refractivity contribution in [2.45, 2.75) is 26.7 Å². The molecule has 1 aromatic carbocycles. The first-order valence-corrected chi connectivity index (χ1v) is 8.65. The standard InChI is InChI=1S/C17H23N3O2S.ClH/c1-12(2)7-9-22-14-5-3-4-13(10-14)19-17(21)15-11-23-16(20-15)6-8-18;/h3-5,10-12H,6-9,18H2,1-2H3,(H,19,21);1H. The second kappa shape index (κ2) is 10.3. The molecule has 0 unspecified atom stereocenters. The quantitative estimate of drug-likeness (QED) is 0.743. The molecule has 1 aromatic heterocycles. The maximum Gasteiger partial charge on any atom is 0.275 e. The van der Waals surface area contributed by atoms with Gasteiger partial charge < -0.3 is 15.8 Å². The minimum atomic E-state index is -0.219. The van der Waals surface area contributed by atoms with Gasteiger partial charge in [0.25, 0.3) is 5.91 Å². The molecule has 2 aromatic rings. The zero-order chi connectivity index (χ0) is 16.7. The Balaban J connectivity index is 0.00000288. The number of nitrogens with zero attached hydrogens (tertiary/aromatic N) is 1. The highest BCUT2D eigenvalue weighted by atomic mass is 35.5. The van der Waals surface area contributed by atoms with E-state index in [1.165, 1.54) is 11.3 Å². The number of rotatable bonds is 8. The van der Waals surface area contributed by atoms with Crippen LogP contribution in [-0.2, 0) is 6.42 Å². The Hall–Kier alpha value is -1.63. The zero-order valence-electron chi connectivity index (χ0n) is 14.0. The van der Waals surface area contributed by atoms with Gasteiger partial charge in [-0.3, -0.25) is 4.79 Å². The molecule has 0 radical (unpaired) electrons. The molecule has 0 saturated heterocycles. The first kappa shape index (κ1) is 20.4. The van der Waals surface area contributed by atoms with Crippen LogP contribution in [0.5, 0.6) is 5.75 Å². The molecule has 0 saturated carbocycles. The summed E-state index contributed by atoms with van der Waals surface area (Å²) in [6.45, 7) is 5.52. The van der Waals surface area contributed by atoms with Gasteiger partial charge in [-0.2, -0.15) is 0 Å². The molecule has 0 aliphatic rings. The van der Waals surface area contributed by atoms with Crippen LogP contribution in [0.1, 0.15) is 35.8 Å². The fraction of sp³-hybridized carbons (Fsp3) is 0.412. The summed E-state index contributed by atoms with van der Waals surface area (Å²) < 4.78 is 5.70. The topological polar surface area (TPSA) is 77.2 Å². The van der Waals surface area contributed by atoms with Crippen molar-refractivity contribution in [2.24, 2.45) is 11.7 Å². The molecule has 7 heteroatoms. The summed E-state index contributed by atoms with van der Waals surface area (Å²) in [5.41, 5.74) is 6.62. The van der Waals surface area contributed by atoms with Gasteiger partial charge in [0.05, 0.1) is 11.6 Å². The number of hydrogen-bond donors (Lipinski definition) is 2. The number of benzene rings is 1. The molecule has 0 atom stereocenters. The first-order valence-electron chi connectivity index (χ1n) is 7.77. The van der Waals surface area contributed by atoms with Crippen LogP contribution < -0.4 is 15.8 Å². The van der Waals surface area contributed by atoms with E-state index >= 15 is 0 Å². The number of nitrogens with two attached hydrogens (primary N) is 1. The van der Waals surface area contributed by atoms with Crippen LogP contribution in [0, 0.1) is 5.92 Å². The Kier molecular flexibility index (Phi) is 8.74. The van der Waals surface area contributed by atoms with E-state index < -0.39 is 0 Å². The van der Waals surface area contributed by atoms with Gasteiger partial charge >= 0.3 is 0 Å². The largest absolute Gasteiger partial charge is 0.494 e. The number of hydrogen-bond acceptors (Lipinski definition) is 5. The van der Waals surface area contributed by atoms with E-state index in [1.54, 1.807) is 5.38 Å². The summed E-state index contributed by atoms with van der Waals surface area (Å²) in [6.07, 6.45) is 1.69. The number of aromatic nitrogens is 1. The van der Waals surface area contributed by atoms with Crippen molar-refractivity contribution in [3.63, 3.8) is 0 Å².